The van der Waals surface area contributed by atoms with Crippen molar-refractivity contribution >= 4 is 45.8 Å². The molecule has 3 rings (SSSR count). The normalized spacial score (nSPS) is 10.8. The molecule has 3 aromatic rings. The van der Waals surface area contributed by atoms with Crippen LogP contribution >= 0.6 is 22.9 Å². The molecule has 0 spiro atoms. The molecule has 0 saturated carbocycles. The summed E-state index contributed by atoms with van der Waals surface area (Å²) in [5, 5.41) is 7.83. The highest BCUT2D eigenvalue weighted by Crippen LogP contribution is 2.19. The van der Waals surface area contributed by atoms with Gasteiger partial charge in [-0.15, -0.1) is 11.3 Å². The van der Waals surface area contributed by atoms with Gasteiger partial charge in [0.1, 0.15) is 12.3 Å². The van der Waals surface area contributed by atoms with Crippen molar-refractivity contribution in [2.45, 2.75) is 32.9 Å². The minimum absolute atomic E-state index is 0.0796. The second-order valence-corrected chi connectivity index (χ2v) is 8.50. The largest absolute Gasteiger partial charge is 0.467 e. The smallest absolute Gasteiger partial charge is 0.256 e. The zero-order chi connectivity index (χ0) is 23.1. The third kappa shape index (κ3) is 6.41. The van der Waals surface area contributed by atoms with E-state index < -0.39 is 0 Å². The van der Waals surface area contributed by atoms with Crippen molar-refractivity contribution < 1.29 is 18.8 Å². The monoisotopic (exact) mass is 474 g/mol. The zero-order valence-electron chi connectivity index (χ0n) is 17.6. The number of hydrogen-bond acceptors (Lipinski definition) is 6. The molecule has 2 aromatic heterocycles. The van der Waals surface area contributed by atoms with Gasteiger partial charge in [-0.3, -0.25) is 14.4 Å². The van der Waals surface area contributed by atoms with E-state index in [4.69, 9.17) is 16.0 Å². The average molecular weight is 475 g/mol. The Morgan fingerprint density at radius 1 is 1.16 bits per heavy atom. The molecule has 0 aliphatic heterocycles. The van der Waals surface area contributed by atoms with E-state index in [1.807, 2.05) is 13.8 Å². The van der Waals surface area contributed by atoms with E-state index in [2.05, 4.69) is 15.6 Å². The van der Waals surface area contributed by atoms with Gasteiger partial charge in [-0.05, 0) is 38.1 Å². The molecule has 0 aliphatic rings. The summed E-state index contributed by atoms with van der Waals surface area (Å²) < 4.78 is 5.17. The van der Waals surface area contributed by atoms with Crippen LogP contribution in [0, 0.1) is 0 Å². The van der Waals surface area contributed by atoms with Crippen LogP contribution in [0.25, 0.3) is 0 Å². The third-order valence-corrected chi connectivity index (χ3v) is 5.62. The fourth-order valence-electron chi connectivity index (χ4n) is 2.86. The van der Waals surface area contributed by atoms with Gasteiger partial charge in [0, 0.05) is 11.4 Å². The lowest BCUT2D eigenvalue weighted by Crippen LogP contribution is -2.42. The third-order valence-electron chi connectivity index (χ3n) is 4.48. The maximum absolute atomic E-state index is 12.9. The lowest BCUT2D eigenvalue weighted by atomic mass is 10.1. The summed E-state index contributed by atoms with van der Waals surface area (Å²) in [6.07, 6.45) is 1.62. The summed E-state index contributed by atoms with van der Waals surface area (Å²) in [5.74, 6) is -0.261. The number of thiazole rings is 1. The second-order valence-electron chi connectivity index (χ2n) is 7.23. The maximum atomic E-state index is 12.9. The van der Waals surface area contributed by atoms with Gasteiger partial charge in [0.15, 0.2) is 5.13 Å². The molecular weight excluding hydrogens is 452 g/mol. The highest BCUT2D eigenvalue weighted by Gasteiger charge is 2.23. The van der Waals surface area contributed by atoms with Crippen LogP contribution in [-0.2, 0) is 22.6 Å². The number of halogens is 1. The number of carbonyl (C=O) groups excluding carboxylic acids is 3. The molecule has 0 atom stereocenters. The van der Waals surface area contributed by atoms with Crippen molar-refractivity contribution in [2.75, 3.05) is 11.9 Å². The average Bonchev–Trinajstić information content (AvgIpc) is 3.42. The van der Waals surface area contributed by atoms with Crippen molar-refractivity contribution in [1.82, 2.24) is 15.2 Å². The van der Waals surface area contributed by atoms with E-state index in [1.165, 1.54) is 16.2 Å². The van der Waals surface area contributed by atoms with Gasteiger partial charge in [-0.2, -0.15) is 0 Å². The minimum atomic E-state index is -0.387. The fraction of sp³-hybridized carbons (Fsp3) is 0.273. The molecule has 0 fully saturated rings. The molecule has 8 nitrogen and oxygen atoms in total. The number of furan rings is 1. The SMILES string of the molecule is CC(C)N(CC(=O)Nc1nc(CC(=O)NCc2ccco2)cs1)C(=O)c1ccccc1Cl. The van der Waals surface area contributed by atoms with Crippen LogP contribution in [0.4, 0.5) is 5.13 Å². The van der Waals surface area contributed by atoms with Gasteiger partial charge < -0.3 is 20.0 Å². The zero-order valence-corrected chi connectivity index (χ0v) is 19.2. The predicted molar refractivity (Wildman–Crippen MR) is 123 cm³/mol. The van der Waals surface area contributed by atoms with E-state index in [-0.39, 0.29) is 36.7 Å². The number of anilines is 1. The van der Waals surface area contributed by atoms with Crippen LogP contribution in [0.3, 0.4) is 0 Å². The Bertz CT molecular complexity index is 1080. The molecule has 3 amide bonds. The molecule has 1 aromatic carbocycles. The van der Waals surface area contributed by atoms with Crippen LogP contribution in [-0.4, -0.2) is 40.2 Å². The Balaban J connectivity index is 1.54. The molecule has 0 saturated heterocycles. The minimum Gasteiger partial charge on any atom is -0.467 e. The summed E-state index contributed by atoms with van der Waals surface area (Å²) in [7, 11) is 0. The van der Waals surface area contributed by atoms with Gasteiger partial charge >= 0.3 is 0 Å². The van der Waals surface area contributed by atoms with Gasteiger partial charge in [0.25, 0.3) is 5.91 Å². The molecule has 168 valence electrons. The Morgan fingerprint density at radius 2 is 1.94 bits per heavy atom. The number of nitrogens with one attached hydrogen (secondary N) is 2. The maximum Gasteiger partial charge on any atom is 0.256 e. The summed E-state index contributed by atoms with van der Waals surface area (Å²) >= 11 is 7.35. The van der Waals surface area contributed by atoms with Gasteiger partial charge in [0.2, 0.25) is 11.8 Å². The predicted octanol–water partition coefficient (Wildman–Crippen LogP) is 3.74. The van der Waals surface area contributed by atoms with Crippen molar-refractivity contribution in [3.8, 4) is 0 Å². The molecule has 0 radical (unpaired) electrons. The van der Waals surface area contributed by atoms with Gasteiger partial charge in [-0.1, -0.05) is 23.7 Å². The van der Waals surface area contributed by atoms with E-state index in [0.29, 0.717) is 33.7 Å². The molecular formula is C22H23ClN4O4S. The molecule has 32 heavy (non-hydrogen) atoms. The fourth-order valence-corrected chi connectivity index (χ4v) is 3.81. The van der Waals surface area contributed by atoms with E-state index >= 15 is 0 Å². The number of hydrogen-bond donors (Lipinski definition) is 2. The van der Waals surface area contributed by atoms with E-state index in [1.54, 1.807) is 48.0 Å². The van der Waals surface area contributed by atoms with Crippen LogP contribution in [0.2, 0.25) is 5.02 Å². The first-order valence-electron chi connectivity index (χ1n) is 9.92. The first kappa shape index (κ1) is 23.5. The van der Waals surface area contributed by atoms with Gasteiger partial charge in [-0.25, -0.2) is 4.98 Å². The van der Waals surface area contributed by atoms with Crippen molar-refractivity contribution in [3.05, 3.63) is 70.1 Å². The Hall–Kier alpha value is -3.17. The van der Waals surface area contributed by atoms with Crippen molar-refractivity contribution in [3.63, 3.8) is 0 Å². The number of benzene rings is 1. The van der Waals surface area contributed by atoms with E-state index in [0.717, 1.165) is 0 Å². The first-order valence-corrected chi connectivity index (χ1v) is 11.2. The summed E-state index contributed by atoms with van der Waals surface area (Å²) in [6, 6.07) is 10.0. The number of nitrogens with zero attached hydrogens (tertiary/aromatic N) is 2. The number of rotatable bonds is 9. The number of amides is 3. The molecule has 0 unspecified atom stereocenters. The Labute approximate surface area is 194 Å². The van der Waals surface area contributed by atoms with Crippen LogP contribution in [0.1, 0.15) is 35.7 Å². The quantitative estimate of drug-likeness (QED) is 0.491. The lowest BCUT2D eigenvalue weighted by Gasteiger charge is -2.26. The highest BCUT2D eigenvalue weighted by atomic mass is 35.5. The number of aromatic nitrogens is 1. The highest BCUT2D eigenvalue weighted by molar-refractivity contribution is 7.13. The van der Waals surface area contributed by atoms with Crippen LogP contribution in [0.15, 0.2) is 52.5 Å². The standard InChI is InChI=1S/C22H23ClN4O4S/c1-14(2)27(21(30)17-7-3-4-8-18(17)23)12-20(29)26-22-25-15(13-32-22)10-19(28)24-11-16-6-5-9-31-16/h3-9,13-14H,10-12H2,1-2H3,(H,24,28)(H,25,26,29). The second kappa shape index (κ2) is 10.9. The topological polar surface area (TPSA) is 105 Å². The van der Waals surface area contributed by atoms with Crippen molar-refractivity contribution in [1.29, 1.82) is 0 Å². The van der Waals surface area contributed by atoms with Crippen LogP contribution < -0.4 is 10.6 Å². The molecule has 10 heteroatoms. The summed E-state index contributed by atoms with van der Waals surface area (Å²) in [5.41, 5.74) is 0.878. The summed E-state index contributed by atoms with van der Waals surface area (Å²) in [6.45, 7) is 3.79. The molecule has 2 N–H and O–H groups in total. The first-order chi connectivity index (χ1) is 15.3. The lowest BCUT2D eigenvalue weighted by molar-refractivity contribution is -0.120. The van der Waals surface area contributed by atoms with Gasteiger partial charge in [0.05, 0.1) is 35.5 Å². The van der Waals surface area contributed by atoms with E-state index in [9.17, 15) is 14.4 Å². The Morgan fingerprint density at radius 3 is 2.62 bits per heavy atom. The molecule has 0 aliphatic carbocycles. The van der Waals surface area contributed by atoms with Crippen molar-refractivity contribution in [2.24, 2.45) is 0 Å². The number of carbonyl (C=O) groups is 3. The Kier molecular flexibility index (Phi) is 8.02. The molecule has 2 heterocycles. The summed E-state index contributed by atoms with van der Waals surface area (Å²) in [4.78, 5) is 43.2. The molecule has 0 bridgehead atoms. The van der Waals surface area contributed by atoms with Crippen LogP contribution in [0.5, 0.6) is 0 Å².